The van der Waals surface area contributed by atoms with Crippen LogP contribution >= 0.6 is 0 Å². The molecule has 4 nitrogen and oxygen atoms in total. The Labute approximate surface area is 138 Å². The minimum Gasteiger partial charge on any atom is -0.494 e. The summed E-state index contributed by atoms with van der Waals surface area (Å²) in [5.41, 5.74) is 2.11. The Bertz CT molecular complexity index is 702. The summed E-state index contributed by atoms with van der Waals surface area (Å²) in [4.78, 5) is 10.1. The molecule has 0 bridgehead atoms. The van der Waals surface area contributed by atoms with Crippen LogP contribution in [-0.2, 0) is 6.54 Å². The number of hydrogen-bond donors (Lipinski definition) is 0. The number of pyridine rings is 1. The lowest BCUT2D eigenvalue weighted by Gasteiger charge is -2.42. The van der Waals surface area contributed by atoms with E-state index in [1.807, 2.05) is 12.1 Å². The third-order valence-corrected chi connectivity index (χ3v) is 5.39. The normalized spacial score (nSPS) is 25.7. The minimum absolute atomic E-state index is 0.597. The monoisotopic (exact) mass is 311 g/mol. The van der Waals surface area contributed by atoms with E-state index in [0.29, 0.717) is 6.04 Å². The van der Waals surface area contributed by atoms with E-state index in [4.69, 9.17) is 9.72 Å². The van der Waals surface area contributed by atoms with E-state index in [1.165, 1.54) is 32.5 Å². The van der Waals surface area contributed by atoms with Crippen molar-refractivity contribution in [1.29, 1.82) is 0 Å². The average molecular weight is 311 g/mol. The first kappa shape index (κ1) is 14.9. The summed E-state index contributed by atoms with van der Waals surface area (Å²) >= 11 is 0. The van der Waals surface area contributed by atoms with Gasteiger partial charge in [-0.1, -0.05) is 18.2 Å². The molecule has 23 heavy (non-hydrogen) atoms. The summed E-state index contributed by atoms with van der Waals surface area (Å²) in [6.07, 6.45) is 2.71. The molecular weight excluding hydrogens is 286 g/mol. The summed E-state index contributed by atoms with van der Waals surface area (Å²) in [5.74, 6) is 0.859. The zero-order valence-corrected chi connectivity index (χ0v) is 14.0. The van der Waals surface area contributed by atoms with E-state index in [2.05, 4.69) is 34.9 Å². The van der Waals surface area contributed by atoms with Crippen LogP contribution in [0.3, 0.4) is 0 Å². The lowest BCUT2D eigenvalue weighted by Crippen LogP contribution is -2.54. The number of aromatic nitrogens is 1. The largest absolute Gasteiger partial charge is 0.494 e. The van der Waals surface area contributed by atoms with Crippen LogP contribution in [0, 0.1) is 0 Å². The van der Waals surface area contributed by atoms with Crippen molar-refractivity contribution >= 4 is 10.9 Å². The van der Waals surface area contributed by atoms with Gasteiger partial charge in [0, 0.05) is 37.1 Å². The van der Waals surface area contributed by atoms with Gasteiger partial charge in [0.25, 0.3) is 0 Å². The van der Waals surface area contributed by atoms with Crippen LogP contribution in [0.5, 0.6) is 5.75 Å². The Hall–Kier alpha value is -1.65. The van der Waals surface area contributed by atoms with Gasteiger partial charge in [-0.3, -0.25) is 9.80 Å². The molecule has 2 aliphatic heterocycles. The number of hydrogen-bond acceptors (Lipinski definition) is 4. The number of benzene rings is 1. The summed E-state index contributed by atoms with van der Waals surface area (Å²) < 4.78 is 5.47. The first-order valence-corrected chi connectivity index (χ1v) is 8.65. The predicted octanol–water partition coefficient (Wildman–Crippen LogP) is 2.91. The molecule has 0 aliphatic carbocycles. The molecule has 2 aromatic rings. The van der Waals surface area contributed by atoms with E-state index in [9.17, 15) is 0 Å². The molecule has 4 heteroatoms. The molecule has 1 aromatic carbocycles. The lowest BCUT2D eigenvalue weighted by molar-refractivity contribution is 0.0532. The fraction of sp³-hybridized carbons (Fsp3) is 0.526. The molecule has 4 rings (SSSR count). The molecule has 0 saturated carbocycles. The summed E-state index contributed by atoms with van der Waals surface area (Å²) in [7, 11) is 1.71. The molecule has 122 valence electrons. The quantitative estimate of drug-likeness (QED) is 0.871. The summed E-state index contributed by atoms with van der Waals surface area (Å²) in [6.45, 7) is 6.93. The van der Waals surface area contributed by atoms with Crippen molar-refractivity contribution in [1.82, 2.24) is 14.8 Å². The second-order valence-corrected chi connectivity index (χ2v) is 6.90. The molecule has 0 amide bonds. The van der Waals surface area contributed by atoms with Crippen LogP contribution in [0.2, 0.25) is 0 Å². The van der Waals surface area contributed by atoms with E-state index < -0.39 is 0 Å². The number of nitrogens with zero attached hydrogens (tertiary/aromatic N) is 3. The molecule has 2 aliphatic rings. The Morgan fingerprint density at radius 2 is 2.13 bits per heavy atom. The van der Waals surface area contributed by atoms with Gasteiger partial charge in [0.05, 0.1) is 12.8 Å². The molecule has 0 radical (unpaired) electrons. The Morgan fingerprint density at radius 3 is 3.00 bits per heavy atom. The summed E-state index contributed by atoms with van der Waals surface area (Å²) in [6, 6.07) is 11.8. The zero-order chi connectivity index (χ0) is 15.8. The van der Waals surface area contributed by atoms with Gasteiger partial charge in [0.1, 0.15) is 11.3 Å². The van der Waals surface area contributed by atoms with E-state index in [1.54, 1.807) is 7.11 Å². The zero-order valence-electron chi connectivity index (χ0n) is 14.0. The van der Waals surface area contributed by atoms with Crippen molar-refractivity contribution in [2.24, 2.45) is 0 Å². The molecular formula is C19H25N3O. The number of methoxy groups -OCH3 is 1. The van der Waals surface area contributed by atoms with Gasteiger partial charge < -0.3 is 4.74 Å². The Kier molecular flexibility index (Phi) is 3.95. The van der Waals surface area contributed by atoms with Gasteiger partial charge >= 0.3 is 0 Å². The highest BCUT2D eigenvalue weighted by Crippen LogP contribution is 2.27. The SMILES string of the molecule is COc1cccc2ccc(CN3C[C@H]4CCCN4C[C@H]3C)nc12. The average Bonchev–Trinajstić information content (AvgIpc) is 3.01. The highest BCUT2D eigenvalue weighted by atomic mass is 16.5. The maximum atomic E-state index is 5.47. The van der Waals surface area contributed by atoms with Crippen LogP contribution in [0.15, 0.2) is 30.3 Å². The maximum Gasteiger partial charge on any atom is 0.145 e. The van der Waals surface area contributed by atoms with Gasteiger partial charge in [-0.25, -0.2) is 4.98 Å². The second kappa shape index (κ2) is 6.10. The molecule has 0 spiro atoms. The predicted molar refractivity (Wildman–Crippen MR) is 92.8 cm³/mol. The van der Waals surface area contributed by atoms with Crippen molar-refractivity contribution in [3.05, 3.63) is 36.0 Å². The molecule has 1 aromatic heterocycles. The first-order valence-electron chi connectivity index (χ1n) is 8.65. The molecule has 2 atom stereocenters. The number of rotatable bonds is 3. The van der Waals surface area contributed by atoms with Crippen molar-refractivity contribution < 1.29 is 4.74 Å². The van der Waals surface area contributed by atoms with Crippen molar-refractivity contribution in [2.75, 3.05) is 26.7 Å². The van der Waals surface area contributed by atoms with Crippen molar-refractivity contribution in [3.63, 3.8) is 0 Å². The van der Waals surface area contributed by atoms with Crippen molar-refractivity contribution in [3.8, 4) is 5.75 Å². The van der Waals surface area contributed by atoms with Gasteiger partial charge in [-0.05, 0) is 38.4 Å². The standard InChI is InChI=1S/C19H25N3O/c1-14-11-21-10-4-6-17(21)13-22(14)12-16-9-8-15-5-3-7-18(23-2)19(15)20-16/h3,5,7-9,14,17H,4,6,10-13H2,1-2H3/t14-,17-/m1/s1. The van der Waals surface area contributed by atoms with Crippen molar-refractivity contribution in [2.45, 2.75) is 38.4 Å². The molecule has 2 saturated heterocycles. The minimum atomic E-state index is 0.597. The van der Waals surface area contributed by atoms with Gasteiger partial charge in [-0.2, -0.15) is 0 Å². The Balaban J connectivity index is 1.57. The van der Waals surface area contributed by atoms with E-state index in [0.717, 1.165) is 34.9 Å². The van der Waals surface area contributed by atoms with Gasteiger partial charge in [0.2, 0.25) is 0 Å². The third-order valence-electron chi connectivity index (χ3n) is 5.39. The fourth-order valence-electron chi connectivity index (χ4n) is 4.09. The topological polar surface area (TPSA) is 28.6 Å². The highest BCUT2D eigenvalue weighted by molar-refractivity contribution is 5.84. The highest BCUT2D eigenvalue weighted by Gasteiger charge is 2.34. The Morgan fingerprint density at radius 1 is 1.22 bits per heavy atom. The first-order chi connectivity index (χ1) is 11.2. The fourth-order valence-corrected chi connectivity index (χ4v) is 4.09. The van der Waals surface area contributed by atoms with Crippen LogP contribution in [0.25, 0.3) is 10.9 Å². The summed E-state index contributed by atoms with van der Waals surface area (Å²) in [5, 5.41) is 1.14. The number of ether oxygens (including phenoxy) is 1. The van der Waals surface area contributed by atoms with Crippen LogP contribution in [0.1, 0.15) is 25.5 Å². The molecule has 0 N–H and O–H groups in total. The van der Waals surface area contributed by atoms with E-state index >= 15 is 0 Å². The van der Waals surface area contributed by atoms with Gasteiger partial charge in [0.15, 0.2) is 0 Å². The van der Waals surface area contributed by atoms with E-state index in [-0.39, 0.29) is 0 Å². The van der Waals surface area contributed by atoms with Crippen LogP contribution < -0.4 is 4.74 Å². The second-order valence-electron chi connectivity index (χ2n) is 6.90. The van der Waals surface area contributed by atoms with Gasteiger partial charge in [-0.15, -0.1) is 0 Å². The number of piperazine rings is 1. The number of fused-ring (bicyclic) bond motifs is 2. The molecule has 0 unspecified atom stereocenters. The smallest absolute Gasteiger partial charge is 0.145 e. The molecule has 2 fully saturated rings. The molecule has 3 heterocycles. The van der Waals surface area contributed by atoms with Crippen LogP contribution in [0.4, 0.5) is 0 Å². The lowest BCUT2D eigenvalue weighted by atomic mass is 10.1. The van der Waals surface area contributed by atoms with Crippen LogP contribution in [-0.4, -0.2) is 53.6 Å². The maximum absolute atomic E-state index is 5.47. The third kappa shape index (κ3) is 2.81. The number of para-hydroxylation sites is 1.